The highest BCUT2D eigenvalue weighted by molar-refractivity contribution is 6.04. The first-order valence-corrected chi connectivity index (χ1v) is 9.02. The van der Waals surface area contributed by atoms with Gasteiger partial charge in [0.25, 0.3) is 0 Å². The molecule has 0 bridgehead atoms. The topological polar surface area (TPSA) is 94.7 Å². The van der Waals surface area contributed by atoms with Crippen molar-refractivity contribution < 1.29 is 37.4 Å². The maximum atomic E-state index is 12.4. The van der Waals surface area contributed by atoms with Gasteiger partial charge >= 0.3 is 18.6 Å². The number of aryl methyl sites for hydroxylation is 1. The van der Waals surface area contributed by atoms with E-state index in [0.29, 0.717) is 16.8 Å². The van der Waals surface area contributed by atoms with E-state index in [4.69, 9.17) is 9.47 Å². The number of H-pyrrole nitrogens is 1. The predicted octanol–water partition coefficient (Wildman–Crippen LogP) is 3.85. The number of rotatable bonds is 9. The van der Waals surface area contributed by atoms with Gasteiger partial charge in [-0.05, 0) is 50.1 Å². The van der Waals surface area contributed by atoms with Gasteiger partial charge in [0, 0.05) is 17.3 Å². The quantitative estimate of drug-likeness (QED) is 0.376. The van der Waals surface area contributed by atoms with Crippen molar-refractivity contribution in [1.82, 2.24) is 4.98 Å². The molecule has 30 heavy (non-hydrogen) atoms. The van der Waals surface area contributed by atoms with Crippen molar-refractivity contribution in [3.8, 4) is 5.75 Å². The number of ether oxygens (including phenoxy) is 3. The highest BCUT2D eigenvalue weighted by atomic mass is 19.3. The molecular formula is C21H21F2NO6. The molecule has 0 fully saturated rings. The average molecular weight is 421 g/mol. The first-order chi connectivity index (χ1) is 14.2. The Hall–Kier alpha value is -3.49. The number of ketones is 1. The van der Waals surface area contributed by atoms with Crippen LogP contribution in [0.5, 0.6) is 5.75 Å². The Bertz CT molecular complexity index is 947. The van der Waals surface area contributed by atoms with Gasteiger partial charge in [-0.2, -0.15) is 8.78 Å². The number of aromatic amines is 1. The van der Waals surface area contributed by atoms with Crippen molar-refractivity contribution in [2.24, 2.45) is 0 Å². The van der Waals surface area contributed by atoms with Gasteiger partial charge in [0.1, 0.15) is 11.4 Å². The number of carbonyl (C=O) groups excluding carboxylic acids is 3. The largest absolute Gasteiger partial charge is 0.461 e. The second-order valence-corrected chi connectivity index (χ2v) is 6.16. The van der Waals surface area contributed by atoms with Crippen LogP contribution in [0.1, 0.15) is 44.6 Å². The molecule has 0 spiro atoms. The molecule has 0 saturated carbocycles. The summed E-state index contributed by atoms with van der Waals surface area (Å²) < 4.78 is 38.4. The Balaban J connectivity index is 1.95. The maximum Gasteiger partial charge on any atom is 0.387 e. The Kier molecular flexibility index (Phi) is 7.85. The Morgan fingerprint density at radius 1 is 1.10 bits per heavy atom. The summed E-state index contributed by atoms with van der Waals surface area (Å²) in [4.78, 5) is 39.0. The minimum atomic E-state index is -2.92. The van der Waals surface area contributed by atoms with E-state index < -0.39 is 30.9 Å². The number of carbonyl (C=O) groups is 3. The van der Waals surface area contributed by atoms with Crippen LogP contribution in [-0.2, 0) is 14.3 Å². The van der Waals surface area contributed by atoms with E-state index in [1.807, 2.05) is 0 Å². The third-order valence-electron chi connectivity index (χ3n) is 4.06. The fourth-order valence-corrected chi connectivity index (χ4v) is 2.76. The molecule has 0 aliphatic carbocycles. The SMILES string of the molecule is CCOC(=O)c1[nH]c(C)c(C(=O)COC(=O)/C=C/c2ccc(OC(F)F)cc2)c1C. The number of nitrogens with one attached hydrogen (secondary N) is 1. The molecule has 0 atom stereocenters. The lowest BCUT2D eigenvalue weighted by atomic mass is 10.1. The summed E-state index contributed by atoms with van der Waals surface area (Å²) >= 11 is 0. The molecule has 0 aliphatic heterocycles. The average Bonchev–Trinajstić information content (AvgIpc) is 2.99. The molecule has 1 aromatic heterocycles. The summed E-state index contributed by atoms with van der Waals surface area (Å²) in [5.41, 5.74) is 1.90. The van der Waals surface area contributed by atoms with Crippen molar-refractivity contribution in [3.63, 3.8) is 0 Å². The first-order valence-electron chi connectivity index (χ1n) is 9.02. The zero-order valence-corrected chi connectivity index (χ0v) is 16.7. The summed E-state index contributed by atoms with van der Waals surface area (Å²) in [6, 6.07) is 5.63. The Morgan fingerprint density at radius 3 is 2.37 bits per heavy atom. The van der Waals surface area contributed by atoms with E-state index >= 15 is 0 Å². The van der Waals surface area contributed by atoms with E-state index in [0.717, 1.165) is 6.08 Å². The molecule has 0 radical (unpaired) electrons. The number of hydrogen-bond acceptors (Lipinski definition) is 6. The Labute approximate surface area is 171 Å². The number of alkyl halides is 2. The lowest BCUT2D eigenvalue weighted by Crippen LogP contribution is -2.14. The predicted molar refractivity (Wildman–Crippen MR) is 104 cm³/mol. The van der Waals surface area contributed by atoms with Crippen molar-refractivity contribution in [1.29, 1.82) is 0 Å². The molecule has 0 unspecified atom stereocenters. The minimum absolute atomic E-state index is 0.00486. The van der Waals surface area contributed by atoms with Gasteiger partial charge in [-0.15, -0.1) is 0 Å². The molecule has 160 valence electrons. The Morgan fingerprint density at radius 2 is 1.77 bits per heavy atom. The lowest BCUT2D eigenvalue weighted by Gasteiger charge is -2.04. The van der Waals surface area contributed by atoms with Gasteiger partial charge in [0.05, 0.1) is 6.61 Å². The molecule has 0 amide bonds. The van der Waals surface area contributed by atoms with E-state index in [1.54, 1.807) is 20.8 Å². The summed E-state index contributed by atoms with van der Waals surface area (Å²) in [6.07, 6.45) is 2.52. The van der Waals surface area contributed by atoms with Crippen LogP contribution in [0.3, 0.4) is 0 Å². The number of halogens is 2. The third-order valence-corrected chi connectivity index (χ3v) is 4.06. The van der Waals surface area contributed by atoms with E-state index in [-0.39, 0.29) is 23.6 Å². The molecule has 2 rings (SSSR count). The minimum Gasteiger partial charge on any atom is -0.461 e. The molecule has 0 saturated heterocycles. The van der Waals surface area contributed by atoms with Gasteiger partial charge in [-0.25, -0.2) is 9.59 Å². The van der Waals surface area contributed by atoms with Crippen molar-refractivity contribution in [2.45, 2.75) is 27.4 Å². The lowest BCUT2D eigenvalue weighted by molar-refractivity contribution is -0.136. The number of benzene rings is 1. The van der Waals surface area contributed by atoms with E-state index in [9.17, 15) is 23.2 Å². The summed E-state index contributed by atoms with van der Waals surface area (Å²) in [6.45, 7) is 1.68. The molecule has 1 heterocycles. The number of hydrogen-bond donors (Lipinski definition) is 1. The normalized spacial score (nSPS) is 11.0. The second-order valence-electron chi connectivity index (χ2n) is 6.16. The first kappa shape index (κ1) is 22.8. The van der Waals surface area contributed by atoms with Crippen LogP contribution in [-0.4, -0.2) is 42.5 Å². The third kappa shape index (κ3) is 6.00. The summed E-state index contributed by atoms with van der Waals surface area (Å²) in [5, 5.41) is 0. The molecule has 2 aromatic rings. The fourth-order valence-electron chi connectivity index (χ4n) is 2.76. The smallest absolute Gasteiger partial charge is 0.387 e. The molecule has 7 nitrogen and oxygen atoms in total. The highest BCUT2D eigenvalue weighted by Crippen LogP contribution is 2.20. The second kappa shape index (κ2) is 10.3. The van der Waals surface area contributed by atoms with Crippen LogP contribution >= 0.6 is 0 Å². The molecular weight excluding hydrogens is 400 g/mol. The van der Waals surface area contributed by atoms with Crippen LogP contribution in [0.15, 0.2) is 30.3 Å². The van der Waals surface area contributed by atoms with Crippen molar-refractivity contribution >= 4 is 23.8 Å². The van der Waals surface area contributed by atoms with E-state index in [1.165, 1.54) is 30.3 Å². The monoisotopic (exact) mass is 421 g/mol. The number of esters is 2. The van der Waals surface area contributed by atoms with Crippen LogP contribution < -0.4 is 4.74 Å². The molecule has 0 aliphatic rings. The summed E-state index contributed by atoms with van der Waals surface area (Å²) in [5.74, 6) is -1.79. The van der Waals surface area contributed by atoms with Crippen LogP contribution in [0.25, 0.3) is 6.08 Å². The van der Waals surface area contributed by atoms with Gasteiger partial charge in [0.2, 0.25) is 5.78 Å². The van der Waals surface area contributed by atoms with Crippen LogP contribution in [0.2, 0.25) is 0 Å². The number of Topliss-reactive ketones (excluding diaryl/α,β-unsaturated/α-hetero) is 1. The molecule has 1 aromatic carbocycles. The zero-order valence-electron chi connectivity index (χ0n) is 16.7. The van der Waals surface area contributed by atoms with Crippen LogP contribution in [0.4, 0.5) is 8.78 Å². The van der Waals surface area contributed by atoms with Crippen molar-refractivity contribution in [2.75, 3.05) is 13.2 Å². The van der Waals surface area contributed by atoms with Gasteiger partial charge in [-0.1, -0.05) is 12.1 Å². The molecule has 9 heteroatoms. The van der Waals surface area contributed by atoms with Crippen LogP contribution in [0, 0.1) is 13.8 Å². The highest BCUT2D eigenvalue weighted by Gasteiger charge is 2.23. The number of aromatic nitrogens is 1. The molecule has 1 N–H and O–H groups in total. The van der Waals surface area contributed by atoms with Crippen molar-refractivity contribution in [3.05, 3.63) is 58.4 Å². The van der Waals surface area contributed by atoms with E-state index in [2.05, 4.69) is 9.72 Å². The van der Waals surface area contributed by atoms with Gasteiger partial charge in [-0.3, -0.25) is 4.79 Å². The fraction of sp³-hybridized carbons (Fsp3) is 0.286. The summed E-state index contributed by atoms with van der Waals surface area (Å²) in [7, 11) is 0. The van der Waals surface area contributed by atoms with Gasteiger partial charge in [0.15, 0.2) is 6.61 Å². The maximum absolute atomic E-state index is 12.4. The van der Waals surface area contributed by atoms with Gasteiger partial charge < -0.3 is 19.2 Å². The standard InChI is InChI=1S/C21H21F2NO6/c1-4-28-20(27)19-12(2)18(13(3)24-19)16(25)11-29-17(26)10-7-14-5-8-15(9-6-14)30-21(22)23/h5-10,21,24H,4,11H2,1-3H3/b10-7+. The zero-order chi connectivity index (χ0) is 22.3.